The van der Waals surface area contributed by atoms with Crippen LogP contribution in [-0.4, -0.2) is 12.5 Å². The number of hydrogen-bond donors (Lipinski definition) is 1. The van der Waals surface area contributed by atoms with Crippen LogP contribution in [0.1, 0.15) is 37.0 Å². The maximum atomic E-state index is 13.1. The first kappa shape index (κ1) is 14.2. The molecule has 1 rings (SSSR count). The van der Waals surface area contributed by atoms with E-state index in [2.05, 4.69) is 35.1 Å². The van der Waals surface area contributed by atoms with Crippen LogP contribution in [0, 0.1) is 11.7 Å². The van der Waals surface area contributed by atoms with E-state index in [1.54, 1.807) is 6.07 Å². The maximum absolute atomic E-state index is 13.1. The Bertz CT molecular complexity index is 371. The normalized spacial score (nSPS) is 10.6. The quantitative estimate of drug-likeness (QED) is 0.881. The molecule has 0 spiro atoms. The van der Waals surface area contributed by atoms with Crippen molar-refractivity contribution in [1.82, 2.24) is 5.32 Å². The second kappa shape index (κ2) is 6.74. The van der Waals surface area contributed by atoms with Gasteiger partial charge in [0.25, 0.3) is 5.91 Å². The predicted octanol–water partition coefficient (Wildman–Crippen LogP) is 3.75. The minimum absolute atomic E-state index is 0.225. The van der Waals surface area contributed by atoms with Gasteiger partial charge in [0.1, 0.15) is 5.82 Å². The first-order valence-corrected chi connectivity index (χ1v) is 6.60. The molecule has 0 radical (unpaired) electrons. The van der Waals surface area contributed by atoms with E-state index in [0.717, 1.165) is 12.8 Å². The van der Waals surface area contributed by atoms with Gasteiger partial charge in [-0.1, -0.05) is 42.6 Å². The Morgan fingerprint density at radius 3 is 2.53 bits per heavy atom. The third kappa shape index (κ3) is 4.46. The maximum Gasteiger partial charge on any atom is 0.251 e. The number of hydrogen-bond acceptors (Lipinski definition) is 1. The predicted molar refractivity (Wildman–Crippen MR) is 70.5 cm³/mol. The minimum Gasteiger partial charge on any atom is -0.352 e. The zero-order valence-electron chi connectivity index (χ0n) is 10.1. The molecule has 17 heavy (non-hydrogen) atoms. The Labute approximate surface area is 110 Å². The van der Waals surface area contributed by atoms with Gasteiger partial charge < -0.3 is 5.32 Å². The van der Waals surface area contributed by atoms with Crippen LogP contribution in [0.3, 0.4) is 0 Å². The van der Waals surface area contributed by atoms with Crippen molar-refractivity contribution in [3.05, 3.63) is 34.1 Å². The lowest BCUT2D eigenvalue weighted by molar-refractivity contribution is 0.0946. The van der Waals surface area contributed by atoms with Crippen LogP contribution in [0.2, 0.25) is 0 Å². The van der Waals surface area contributed by atoms with Crippen molar-refractivity contribution in [2.45, 2.75) is 26.7 Å². The molecule has 0 heterocycles. The summed E-state index contributed by atoms with van der Waals surface area (Å²) in [5.41, 5.74) is 0.350. The van der Waals surface area contributed by atoms with Crippen molar-refractivity contribution < 1.29 is 9.18 Å². The summed E-state index contributed by atoms with van der Waals surface area (Å²) < 4.78 is 13.7. The number of carbonyl (C=O) groups is 1. The summed E-state index contributed by atoms with van der Waals surface area (Å²) in [7, 11) is 0. The van der Waals surface area contributed by atoms with Crippen molar-refractivity contribution in [2.75, 3.05) is 6.54 Å². The van der Waals surface area contributed by atoms with E-state index >= 15 is 0 Å². The molecule has 1 aromatic carbocycles. The highest BCUT2D eigenvalue weighted by molar-refractivity contribution is 9.10. The standard InChI is InChI=1S/C13H17BrFNO/c1-3-9(4-2)8-16-13(17)10-5-11(14)7-12(15)6-10/h5-7,9H,3-4,8H2,1-2H3,(H,16,17). The molecule has 1 N–H and O–H groups in total. The van der Waals surface area contributed by atoms with E-state index in [1.807, 2.05) is 0 Å². The Hall–Kier alpha value is -0.900. The number of halogens is 2. The lowest BCUT2D eigenvalue weighted by Crippen LogP contribution is -2.29. The zero-order chi connectivity index (χ0) is 12.8. The summed E-state index contributed by atoms with van der Waals surface area (Å²) in [6.07, 6.45) is 2.06. The van der Waals surface area contributed by atoms with E-state index in [4.69, 9.17) is 0 Å². The molecule has 0 aromatic heterocycles. The SMILES string of the molecule is CCC(CC)CNC(=O)c1cc(F)cc(Br)c1. The average molecular weight is 302 g/mol. The summed E-state index contributed by atoms with van der Waals surface area (Å²) in [5.74, 6) is -0.153. The third-order valence-electron chi connectivity index (χ3n) is 2.83. The summed E-state index contributed by atoms with van der Waals surface area (Å²) in [4.78, 5) is 11.8. The summed E-state index contributed by atoms with van der Waals surface area (Å²) in [5, 5.41) is 2.83. The minimum atomic E-state index is -0.410. The topological polar surface area (TPSA) is 29.1 Å². The molecular formula is C13H17BrFNO. The smallest absolute Gasteiger partial charge is 0.251 e. The highest BCUT2D eigenvalue weighted by Crippen LogP contribution is 2.15. The molecule has 0 aliphatic rings. The lowest BCUT2D eigenvalue weighted by Gasteiger charge is -2.13. The number of nitrogens with one attached hydrogen (secondary N) is 1. The molecule has 0 saturated heterocycles. The summed E-state index contributed by atoms with van der Waals surface area (Å²) in [6, 6.07) is 4.19. The molecule has 2 nitrogen and oxygen atoms in total. The van der Waals surface area contributed by atoms with E-state index in [9.17, 15) is 9.18 Å². The Morgan fingerprint density at radius 1 is 1.35 bits per heavy atom. The van der Waals surface area contributed by atoms with Crippen LogP contribution in [0.25, 0.3) is 0 Å². The van der Waals surface area contributed by atoms with E-state index < -0.39 is 5.82 Å². The molecule has 0 fully saturated rings. The molecule has 4 heteroatoms. The highest BCUT2D eigenvalue weighted by atomic mass is 79.9. The fourth-order valence-corrected chi connectivity index (χ4v) is 2.07. The second-order valence-corrected chi connectivity index (χ2v) is 4.97. The van der Waals surface area contributed by atoms with Crippen LogP contribution < -0.4 is 5.32 Å². The molecular weight excluding hydrogens is 285 g/mol. The number of amides is 1. The van der Waals surface area contributed by atoms with Gasteiger partial charge in [-0.25, -0.2) is 4.39 Å². The first-order valence-electron chi connectivity index (χ1n) is 5.81. The van der Waals surface area contributed by atoms with Crippen molar-refractivity contribution in [3.63, 3.8) is 0 Å². The molecule has 94 valence electrons. The van der Waals surface area contributed by atoms with Gasteiger partial charge in [0.15, 0.2) is 0 Å². The monoisotopic (exact) mass is 301 g/mol. The average Bonchev–Trinajstić information content (AvgIpc) is 2.28. The van der Waals surface area contributed by atoms with E-state index in [0.29, 0.717) is 22.5 Å². The number of carbonyl (C=O) groups excluding carboxylic acids is 1. The Morgan fingerprint density at radius 2 is 2.00 bits per heavy atom. The van der Waals surface area contributed by atoms with Gasteiger partial charge in [-0.15, -0.1) is 0 Å². The van der Waals surface area contributed by atoms with Gasteiger partial charge in [-0.05, 0) is 24.1 Å². The van der Waals surface area contributed by atoms with Crippen LogP contribution in [0.4, 0.5) is 4.39 Å². The second-order valence-electron chi connectivity index (χ2n) is 4.05. The van der Waals surface area contributed by atoms with Gasteiger partial charge in [0.05, 0.1) is 0 Å². The fourth-order valence-electron chi connectivity index (χ4n) is 1.60. The van der Waals surface area contributed by atoms with E-state index in [-0.39, 0.29) is 5.91 Å². The van der Waals surface area contributed by atoms with Crippen molar-refractivity contribution >= 4 is 21.8 Å². The van der Waals surface area contributed by atoms with Gasteiger partial charge in [-0.2, -0.15) is 0 Å². The molecule has 0 aliphatic carbocycles. The van der Waals surface area contributed by atoms with Gasteiger partial charge in [0.2, 0.25) is 0 Å². The van der Waals surface area contributed by atoms with Crippen LogP contribution in [0.5, 0.6) is 0 Å². The molecule has 0 unspecified atom stereocenters. The largest absolute Gasteiger partial charge is 0.352 e. The number of rotatable bonds is 5. The Balaban J connectivity index is 2.63. The van der Waals surface area contributed by atoms with Crippen LogP contribution in [-0.2, 0) is 0 Å². The third-order valence-corrected chi connectivity index (χ3v) is 3.29. The zero-order valence-corrected chi connectivity index (χ0v) is 11.7. The van der Waals surface area contributed by atoms with Crippen molar-refractivity contribution in [2.24, 2.45) is 5.92 Å². The van der Waals surface area contributed by atoms with Crippen LogP contribution >= 0.6 is 15.9 Å². The van der Waals surface area contributed by atoms with Crippen molar-refractivity contribution in [1.29, 1.82) is 0 Å². The lowest BCUT2D eigenvalue weighted by atomic mass is 10.0. The molecule has 1 aromatic rings. The highest BCUT2D eigenvalue weighted by Gasteiger charge is 2.10. The van der Waals surface area contributed by atoms with Crippen molar-refractivity contribution in [3.8, 4) is 0 Å². The molecule has 0 saturated carbocycles. The first-order chi connectivity index (χ1) is 8.06. The summed E-state index contributed by atoms with van der Waals surface area (Å²) in [6.45, 7) is 4.83. The molecule has 0 bridgehead atoms. The molecule has 0 atom stereocenters. The van der Waals surface area contributed by atoms with E-state index in [1.165, 1.54) is 12.1 Å². The van der Waals surface area contributed by atoms with Crippen LogP contribution in [0.15, 0.2) is 22.7 Å². The summed E-state index contributed by atoms with van der Waals surface area (Å²) >= 11 is 3.17. The van der Waals surface area contributed by atoms with Gasteiger partial charge in [-0.3, -0.25) is 4.79 Å². The van der Waals surface area contributed by atoms with Gasteiger partial charge >= 0.3 is 0 Å². The molecule has 1 amide bonds. The van der Waals surface area contributed by atoms with Gasteiger partial charge in [0, 0.05) is 16.6 Å². The Kier molecular flexibility index (Phi) is 5.62. The molecule has 0 aliphatic heterocycles. The number of benzene rings is 1. The fraction of sp³-hybridized carbons (Fsp3) is 0.462.